The third-order valence-electron chi connectivity index (χ3n) is 3.42. The third kappa shape index (κ3) is 3.33. The van der Waals surface area contributed by atoms with Gasteiger partial charge in [0.15, 0.2) is 5.70 Å². The van der Waals surface area contributed by atoms with Gasteiger partial charge in [0.25, 0.3) is 0 Å². The molecule has 122 valence electrons. The summed E-state index contributed by atoms with van der Waals surface area (Å²) in [5.74, 6) is 1.17. The van der Waals surface area contributed by atoms with Gasteiger partial charge in [-0.3, -0.25) is 0 Å². The molecule has 1 aliphatic rings. The molecule has 0 saturated carbocycles. The maximum absolute atomic E-state index is 12.1. The number of cyclic esters (lactones) is 1. The third-order valence-corrected chi connectivity index (χ3v) is 4.04. The molecule has 0 saturated heterocycles. The minimum Gasteiger partial charge on any atom is -0.497 e. The van der Waals surface area contributed by atoms with Crippen molar-refractivity contribution < 1.29 is 19.0 Å². The van der Waals surface area contributed by atoms with Crippen LogP contribution in [0, 0.1) is 0 Å². The molecule has 0 atom stereocenters. The predicted molar refractivity (Wildman–Crippen MR) is 94.3 cm³/mol. The molecule has 0 bridgehead atoms. The fourth-order valence-electron chi connectivity index (χ4n) is 2.22. The number of esters is 1. The van der Waals surface area contributed by atoms with Crippen molar-refractivity contribution in [2.45, 2.75) is 0 Å². The lowest BCUT2D eigenvalue weighted by atomic mass is 10.2. The Bertz CT molecular complexity index is 858. The smallest absolute Gasteiger partial charge is 0.363 e. The SMILES string of the molecule is COc1cccc(C=C2N=C(c3ccc(OC)c(Br)c3)OC2=O)c1. The monoisotopic (exact) mass is 387 g/mol. The van der Waals surface area contributed by atoms with Gasteiger partial charge in [0, 0.05) is 5.56 Å². The van der Waals surface area contributed by atoms with Crippen molar-refractivity contribution in [1.82, 2.24) is 0 Å². The first kappa shape index (κ1) is 16.3. The molecule has 24 heavy (non-hydrogen) atoms. The number of methoxy groups -OCH3 is 2. The average molecular weight is 388 g/mol. The Morgan fingerprint density at radius 1 is 1.12 bits per heavy atom. The van der Waals surface area contributed by atoms with Crippen LogP contribution < -0.4 is 9.47 Å². The van der Waals surface area contributed by atoms with Crippen molar-refractivity contribution in [1.29, 1.82) is 0 Å². The van der Waals surface area contributed by atoms with E-state index in [1.807, 2.05) is 24.3 Å². The van der Waals surface area contributed by atoms with Gasteiger partial charge in [0.1, 0.15) is 11.5 Å². The molecule has 1 aliphatic heterocycles. The number of nitrogens with zero attached hydrogens (tertiary/aromatic N) is 1. The minimum atomic E-state index is -0.486. The molecule has 0 radical (unpaired) electrons. The van der Waals surface area contributed by atoms with Crippen molar-refractivity contribution in [3.63, 3.8) is 0 Å². The van der Waals surface area contributed by atoms with Crippen molar-refractivity contribution >= 4 is 33.9 Å². The first-order valence-electron chi connectivity index (χ1n) is 7.11. The Morgan fingerprint density at radius 2 is 1.96 bits per heavy atom. The highest BCUT2D eigenvalue weighted by atomic mass is 79.9. The van der Waals surface area contributed by atoms with Crippen LogP contribution in [-0.2, 0) is 9.53 Å². The van der Waals surface area contributed by atoms with Crippen molar-refractivity contribution in [2.75, 3.05) is 14.2 Å². The summed E-state index contributed by atoms with van der Waals surface area (Å²) in [4.78, 5) is 16.3. The second kappa shape index (κ2) is 6.88. The molecule has 0 unspecified atom stereocenters. The number of hydrogen-bond acceptors (Lipinski definition) is 5. The van der Waals surface area contributed by atoms with E-state index in [0.717, 1.165) is 10.0 Å². The van der Waals surface area contributed by atoms with E-state index < -0.39 is 5.97 Å². The number of halogens is 1. The van der Waals surface area contributed by atoms with Crippen LogP contribution in [0.2, 0.25) is 0 Å². The molecule has 0 spiro atoms. The van der Waals surface area contributed by atoms with Crippen LogP contribution in [0.5, 0.6) is 11.5 Å². The fraction of sp³-hybridized carbons (Fsp3) is 0.111. The highest BCUT2D eigenvalue weighted by Crippen LogP contribution is 2.28. The van der Waals surface area contributed by atoms with E-state index in [1.54, 1.807) is 38.5 Å². The molecular formula is C18H14BrNO4. The molecule has 5 nitrogen and oxygen atoms in total. The zero-order valence-corrected chi connectivity index (χ0v) is 14.7. The lowest BCUT2D eigenvalue weighted by Crippen LogP contribution is -2.05. The molecule has 2 aromatic carbocycles. The van der Waals surface area contributed by atoms with E-state index in [0.29, 0.717) is 17.1 Å². The maximum atomic E-state index is 12.1. The lowest BCUT2D eigenvalue weighted by molar-refractivity contribution is -0.129. The number of ether oxygens (including phenoxy) is 3. The van der Waals surface area contributed by atoms with Crippen molar-refractivity contribution in [2.24, 2.45) is 4.99 Å². The van der Waals surface area contributed by atoms with Crippen molar-refractivity contribution in [3.05, 3.63) is 63.8 Å². The molecule has 0 aliphatic carbocycles. The van der Waals surface area contributed by atoms with E-state index in [-0.39, 0.29) is 11.6 Å². The second-order valence-electron chi connectivity index (χ2n) is 4.96. The second-order valence-corrected chi connectivity index (χ2v) is 5.82. The summed E-state index contributed by atoms with van der Waals surface area (Å²) in [6.45, 7) is 0. The number of carbonyl (C=O) groups is 1. The summed E-state index contributed by atoms with van der Waals surface area (Å²) in [7, 11) is 3.18. The van der Waals surface area contributed by atoms with Gasteiger partial charge in [-0.15, -0.1) is 0 Å². The van der Waals surface area contributed by atoms with E-state index in [1.165, 1.54) is 0 Å². The normalized spacial score (nSPS) is 15.2. The van der Waals surface area contributed by atoms with Crippen LogP contribution in [0.15, 0.2) is 57.6 Å². The number of hydrogen-bond donors (Lipinski definition) is 0. The quantitative estimate of drug-likeness (QED) is 0.591. The molecule has 3 rings (SSSR count). The molecule has 0 aromatic heterocycles. The van der Waals surface area contributed by atoms with Gasteiger partial charge in [-0.1, -0.05) is 12.1 Å². The minimum absolute atomic E-state index is 0.241. The van der Waals surface area contributed by atoms with E-state index in [4.69, 9.17) is 14.2 Å². The molecule has 6 heteroatoms. The number of aliphatic imine (C=N–C) groups is 1. The predicted octanol–water partition coefficient (Wildman–Crippen LogP) is 3.81. The molecule has 0 amide bonds. The van der Waals surface area contributed by atoms with E-state index >= 15 is 0 Å². The molecule has 2 aromatic rings. The highest BCUT2D eigenvalue weighted by Gasteiger charge is 2.24. The zero-order valence-electron chi connectivity index (χ0n) is 13.1. The van der Waals surface area contributed by atoms with Gasteiger partial charge in [-0.2, -0.15) is 0 Å². The van der Waals surface area contributed by atoms with Gasteiger partial charge in [0.2, 0.25) is 5.90 Å². The summed E-state index contributed by atoms with van der Waals surface area (Å²) in [5.41, 5.74) is 1.73. The fourth-order valence-corrected chi connectivity index (χ4v) is 2.76. The van der Waals surface area contributed by atoms with Crippen LogP contribution in [0.4, 0.5) is 0 Å². The Hall–Kier alpha value is -2.60. The standard InChI is InChI=1S/C18H14BrNO4/c1-22-13-5-3-4-11(8-13)9-15-18(21)24-17(20-15)12-6-7-16(23-2)14(19)10-12/h3-10H,1-2H3. The van der Waals surface area contributed by atoms with Crippen LogP contribution in [-0.4, -0.2) is 26.1 Å². The van der Waals surface area contributed by atoms with Gasteiger partial charge < -0.3 is 14.2 Å². The average Bonchev–Trinajstić information content (AvgIpc) is 2.95. The molecule has 1 heterocycles. The summed E-state index contributed by atoms with van der Waals surface area (Å²) < 4.78 is 16.4. The first-order valence-corrected chi connectivity index (χ1v) is 7.90. The van der Waals surface area contributed by atoms with Crippen LogP contribution in [0.25, 0.3) is 6.08 Å². The number of benzene rings is 2. The highest BCUT2D eigenvalue weighted by molar-refractivity contribution is 9.10. The summed E-state index contributed by atoms with van der Waals surface area (Å²) in [6.07, 6.45) is 1.66. The largest absolute Gasteiger partial charge is 0.497 e. The molecular weight excluding hydrogens is 374 g/mol. The van der Waals surface area contributed by atoms with Gasteiger partial charge >= 0.3 is 5.97 Å². The Morgan fingerprint density at radius 3 is 2.67 bits per heavy atom. The van der Waals surface area contributed by atoms with Gasteiger partial charge in [-0.05, 0) is 57.9 Å². The number of carbonyl (C=O) groups excluding carboxylic acids is 1. The first-order chi connectivity index (χ1) is 11.6. The Balaban J connectivity index is 1.92. The summed E-state index contributed by atoms with van der Waals surface area (Å²) in [6, 6.07) is 12.7. The number of rotatable bonds is 4. The Labute approximate surface area is 147 Å². The lowest BCUT2D eigenvalue weighted by Gasteiger charge is -2.05. The molecule has 0 fully saturated rings. The molecule has 0 N–H and O–H groups in total. The van der Waals surface area contributed by atoms with E-state index in [9.17, 15) is 4.79 Å². The van der Waals surface area contributed by atoms with Crippen molar-refractivity contribution in [3.8, 4) is 11.5 Å². The van der Waals surface area contributed by atoms with Crippen LogP contribution in [0.3, 0.4) is 0 Å². The van der Waals surface area contributed by atoms with Crippen LogP contribution >= 0.6 is 15.9 Å². The Kier molecular flexibility index (Phi) is 4.66. The van der Waals surface area contributed by atoms with Gasteiger partial charge in [-0.25, -0.2) is 9.79 Å². The van der Waals surface area contributed by atoms with Crippen LogP contribution in [0.1, 0.15) is 11.1 Å². The zero-order chi connectivity index (χ0) is 17.1. The maximum Gasteiger partial charge on any atom is 0.363 e. The summed E-state index contributed by atoms with van der Waals surface area (Å²) in [5, 5.41) is 0. The summed E-state index contributed by atoms with van der Waals surface area (Å²) >= 11 is 3.41. The topological polar surface area (TPSA) is 57.1 Å². The van der Waals surface area contributed by atoms with Gasteiger partial charge in [0.05, 0.1) is 18.7 Å². The van der Waals surface area contributed by atoms with E-state index in [2.05, 4.69) is 20.9 Å².